The fourth-order valence-corrected chi connectivity index (χ4v) is 2.03. The van der Waals surface area contributed by atoms with E-state index in [2.05, 4.69) is 10.6 Å². The number of amides is 2. The number of rotatable bonds is 8. The van der Waals surface area contributed by atoms with Crippen molar-refractivity contribution in [1.29, 1.82) is 0 Å². The quantitative estimate of drug-likeness (QED) is 0.668. The number of carbonyl (C=O) groups excluding carboxylic acids is 2. The van der Waals surface area contributed by atoms with Crippen LogP contribution in [0.25, 0.3) is 0 Å². The molecule has 1 atom stereocenters. The predicted molar refractivity (Wildman–Crippen MR) is 82.4 cm³/mol. The fourth-order valence-electron chi connectivity index (χ4n) is 2.03. The Labute approximate surface area is 129 Å². The molecule has 6 heteroatoms. The summed E-state index contributed by atoms with van der Waals surface area (Å²) in [6.07, 6.45) is 1.23. The van der Waals surface area contributed by atoms with E-state index in [9.17, 15) is 14.4 Å². The highest BCUT2D eigenvalue weighted by molar-refractivity contribution is 5.90. The standard InChI is InChI=1S/C16H22N2O4/c1-11-6-8-12(9-7-11)4-3-5-14(19)18-13(10-15(20)21)16(22)17-2/h6-9,13H,3-5,10H2,1-2H3,(H,17,22)(H,18,19)(H,20,21). The zero-order valence-corrected chi connectivity index (χ0v) is 12.9. The van der Waals surface area contributed by atoms with Gasteiger partial charge >= 0.3 is 5.97 Å². The molecule has 0 aliphatic rings. The van der Waals surface area contributed by atoms with Crippen molar-refractivity contribution >= 4 is 17.8 Å². The lowest BCUT2D eigenvalue weighted by atomic mass is 10.1. The number of aryl methyl sites for hydroxylation is 2. The summed E-state index contributed by atoms with van der Waals surface area (Å²) in [5.41, 5.74) is 2.33. The molecule has 6 nitrogen and oxygen atoms in total. The van der Waals surface area contributed by atoms with Crippen LogP contribution in [0.4, 0.5) is 0 Å². The summed E-state index contributed by atoms with van der Waals surface area (Å²) >= 11 is 0. The third kappa shape index (κ3) is 6.39. The monoisotopic (exact) mass is 306 g/mol. The van der Waals surface area contributed by atoms with Crippen LogP contribution < -0.4 is 10.6 Å². The summed E-state index contributed by atoms with van der Waals surface area (Å²) in [6.45, 7) is 2.01. The van der Waals surface area contributed by atoms with Crippen molar-refractivity contribution in [3.8, 4) is 0 Å². The first-order valence-corrected chi connectivity index (χ1v) is 7.20. The van der Waals surface area contributed by atoms with Gasteiger partial charge in [0.25, 0.3) is 0 Å². The van der Waals surface area contributed by atoms with Crippen LogP contribution in [0.3, 0.4) is 0 Å². The average molecular weight is 306 g/mol. The second-order valence-corrected chi connectivity index (χ2v) is 5.17. The maximum absolute atomic E-state index is 11.8. The maximum atomic E-state index is 11.8. The summed E-state index contributed by atoms with van der Waals surface area (Å²) in [6, 6.07) is 7.04. The van der Waals surface area contributed by atoms with Crippen molar-refractivity contribution in [3.05, 3.63) is 35.4 Å². The van der Waals surface area contributed by atoms with E-state index in [1.807, 2.05) is 31.2 Å². The normalized spacial score (nSPS) is 11.5. The van der Waals surface area contributed by atoms with Crippen LogP contribution in [0.5, 0.6) is 0 Å². The van der Waals surface area contributed by atoms with Gasteiger partial charge in [0.05, 0.1) is 6.42 Å². The zero-order chi connectivity index (χ0) is 16.5. The lowest BCUT2D eigenvalue weighted by molar-refractivity contribution is -0.140. The van der Waals surface area contributed by atoms with Crippen molar-refractivity contribution in [1.82, 2.24) is 10.6 Å². The minimum atomic E-state index is -1.13. The van der Waals surface area contributed by atoms with Crippen molar-refractivity contribution < 1.29 is 19.5 Å². The third-order valence-corrected chi connectivity index (χ3v) is 3.27. The number of carboxylic acids is 1. The lowest BCUT2D eigenvalue weighted by Crippen LogP contribution is -2.46. The number of hydrogen-bond donors (Lipinski definition) is 3. The number of benzene rings is 1. The molecule has 1 rings (SSSR count). The van der Waals surface area contributed by atoms with E-state index in [1.54, 1.807) is 0 Å². The number of carbonyl (C=O) groups is 3. The second-order valence-electron chi connectivity index (χ2n) is 5.17. The van der Waals surface area contributed by atoms with E-state index < -0.39 is 24.3 Å². The number of aliphatic carboxylic acids is 1. The molecular formula is C16H22N2O4. The molecule has 0 aliphatic carbocycles. The van der Waals surface area contributed by atoms with Gasteiger partial charge in [0.15, 0.2) is 0 Å². The van der Waals surface area contributed by atoms with E-state index in [-0.39, 0.29) is 12.3 Å². The molecule has 0 aliphatic heterocycles. The van der Waals surface area contributed by atoms with Gasteiger partial charge in [-0.1, -0.05) is 29.8 Å². The van der Waals surface area contributed by atoms with Gasteiger partial charge in [-0.15, -0.1) is 0 Å². The molecule has 0 aromatic heterocycles. The Morgan fingerprint density at radius 3 is 2.36 bits per heavy atom. The Hall–Kier alpha value is -2.37. The summed E-state index contributed by atoms with van der Waals surface area (Å²) in [5, 5.41) is 13.6. The van der Waals surface area contributed by atoms with E-state index in [1.165, 1.54) is 12.6 Å². The highest BCUT2D eigenvalue weighted by Gasteiger charge is 2.22. The Morgan fingerprint density at radius 1 is 1.18 bits per heavy atom. The van der Waals surface area contributed by atoms with Crippen LogP contribution in [0, 0.1) is 6.92 Å². The Bertz CT molecular complexity index is 525. The molecule has 120 valence electrons. The largest absolute Gasteiger partial charge is 0.481 e. The molecule has 0 radical (unpaired) electrons. The topological polar surface area (TPSA) is 95.5 Å². The van der Waals surface area contributed by atoms with Crippen molar-refractivity contribution in [2.24, 2.45) is 0 Å². The molecule has 22 heavy (non-hydrogen) atoms. The van der Waals surface area contributed by atoms with Crippen LogP contribution in [0.15, 0.2) is 24.3 Å². The minimum Gasteiger partial charge on any atom is -0.481 e. The van der Waals surface area contributed by atoms with Crippen molar-refractivity contribution in [2.75, 3.05) is 7.05 Å². The van der Waals surface area contributed by atoms with Crippen LogP contribution in [-0.4, -0.2) is 36.0 Å². The SMILES string of the molecule is CNC(=O)C(CC(=O)O)NC(=O)CCCc1ccc(C)cc1. The van der Waals surface area contributed by atoms with E-state index in [0.29, 0.717) is 6.42 Å². The Kier molecular flexibility index (Phi) is 7.08. The van der Waals surface area contributed by atoms with Crippen molar-refractivity contribution in [3.63, 3.8) is 0 Å². The fraction of sp³-hybridized carbons (Fsp3) is 0.438. The second kappa shape index (κ2) is 8.81. The predicted octanol–water partition coefficient (Wildman–Crippen LogP) is 1.02. The third-order valence-electron chi connectivity index (χ3n) is 3.27. The molecule has 0 saturated heterocycles. The smallest absolute Gasteiger partial charge is 0.305 e. The molecule has 0 fully saturated rings. The number of likely N-dealkylation sites (N-methyl/N-ethyl adjacent to an activating group) is 1. The van der Waals surface area contributed by atoms with Gasteiger partial charge < -0.3 is 15.7 Å². The molecule has 1 unspecified atom stereocenters. The van der Waals surface area contributed by atoms with Gasteiger partial charge in [-0.2, -0.15) is 0 Å². The molecule has 0 bridgehead atoms. The summed E-state index contributed by atoms with van der Waals surface area (Å²) in [7, 11) is 1.40. The molecule has 1 aromatic carbocycles. The van der Waals surface area contributed by atoms with Gasteiger partial charge in [0.2, 0.25) is 11.8 Å². The summed E-state index contributed by atoms with van der Waals surface area (Å²) < 4.78 is 0. The molecule has 2 amide bonds. The van der Waals surface area contributed by atoms with Crippen LogP contribution in [0.1, 0.15) is 30.4 Å². The molecule has 0 saturated carbocycles. The molecule has 3 N–H and O–H groups in total. The first-order chi connectivity index (χ1) is 10.4. The van der Waals surface area contributed by atoms with Gasteiger partial charge in [-0.3, -0.25) is 14.4 Å². The number of carboxylic acid groups (broad SMARTS) is 1. The first kappa shape index (κ1) is 17.7. The molecule has 0 spiro atoms. The van der Waals surface area contributed by atoms with Crippen LogP contribution in [-0.2, 0) is 20.8 Å². The average Bonchev–Trinajstić information content (AvgIpc) is 2.47. The van der Waals surface area contributed by atoms with E-state index in [0.717, 1.165) is 12.0 Å². The van der Waals surface area contributed by atoms with Crippen molar-refractivity contribution in [2.45, 2.75) is 38.6 Å². The summed E-state index contributed by atoms with van der Waals surface area (Å²) in [5.74, 6) is -1.95. The highest BCUT2D eigenvalue weighted by Crippen LogP contribution is 2.07. The van der Waals surface area contributed by atoms with Gasteiger partial charge in [0.1, 0.15) is 6.04 Å². The number of hydrogen-bond acceptors (Lipinski definition) is 3. The van der Waals surface area contributed by atoms with Crippen LogP contribution in [0.2, 0.25) is 0 Å². The lowest BCUT2D eigenvalue weighted by Gasteiger charge is -2.15. The summed E-state index contributed by atoms with van der Waals surface area (Å²) in [4.78, 5) is 34.0. The number of nitrogens with one attached hydrogen (secondary N) is 2. The Balaban J connectivity index is 2.41. The molecule has 0 heterocycles. The minimum absolute atomic E-state index is 0.251. The molecular weight excluding hydrogens is 284 g/mol. The van der Waals surface area contributed by atoms with Gasteiger partial charge in [0, 0.05) is 13.5 Å². The first-order valence-electron chi connectivity index (χ1n) is 7.20. The van der Waals surface area contributed by atoms with E-state index >= 15 is 0 Å². The van der Waals surface area contributed by atoms with Gasteiger partial charge in [-0.25, -0.2) is 0 Å². The Morgan fingerprint density at radius 2 is 1.82 bits per heavy atom. The van der Waals surface area contributed by atoms with E-state index in [4.69, 9.17) is 5.11 Å². The highest BCUT2D eigenvalue weighted by atomic mass is 16.4. The van der Waals surface area contributed by atoms with Crippen LogP contribution >= 0.6 is 0 Å². The zero-order valence-electron chi connectivity index (χ0n) is 12.9. The van der Waals surface area contributed by atoms with Gasteiger partial charge in [-0.05, 0) is 25.3 Å². The maximum Gasteiger partial charge on any atom is 0.305 e. The molecule has 1 aromatic rings.